The minimum Gasteiger partial charge on any atom is -0.438 e. The molecule has 19 heavy (non-hydrogen) atoms. The molecule has 0 saturated heterocycles. The molecule has 0 unspecified atom stereocenters. The Labute approximate surface area is 109 Å². The van der Waals surface area contributed by atoms with Crippen LogP contribution in [0.15, 0.2) is 24.3 Å². The van der Waals surface area contributed by atoms with E-state index in [-0.39, 0.29) is 11.4 Å². The summed E-state index contributed by atoms with van der Waals surface area (Å²) in [4.78, 5) is 22.4. The SMILES string of the molecule is Cc1nn(C)c(Oc2ccccc2C(N)=O)c1C=O. The van der Waals surface area contributed by atoms with E-state index >= 15 is 0 Å². The number of para-hydroxylation sites is 1. The third-order valence-corrected chi connectivity index (χ3v) is 2.69. The molecular formula is C13H13N3O3. The Bertz CT molecular complexity index is 647. The number of ether oxygens (including phenoxy) is 1. The highest BCUT2D eigenvalue weighted by Crippen LogP contribution is 2.28. The number of aryl methyl sites for hydroxylation is 2. The minimum atomic E-state index is -0.595. The van der Waals surface area contributed by atoms with Crippen LogP contribution in [0, 0.1) is 6.92 Å². The Kier molecular flexibility index (Phi) is 3.33. The second-order valence-corrected chi connectivity index (χ2v) is 4.01. The van der Waals surface area contributed by atoms with Crippen LogP contribution in [0.5, 0.6) is 11.6 Å². The van der Waals surface area contributed by atoms with Crippen LogP contribution in [-0.2, 0) is 7.05 Å². The van der Waals surface area contributed by atoms with E-state index in [9.17, 15) is 9.59 Å². The molecule has 0 spiro atoms. The van der Waals surface area contributed by atoms with Crippen molar-refractivity contribution in [1.82, 2.24) is 9.78 Å². The van der Waals surface area contributed by atoms with Crippen LogP contribution in [0.2, 0.25) is 0 Å². The van der Waals surface area contributed by atoms with Crippen LogP contribution < -0.4 is 10.5 Å². The third-order valence-electron chi connectivity index (χ3n) is 2.69. The van der Waals surface area contributed by atoms with E-state index in [0.717, 1.165) is 0 Å². The van der Waals surface area contributed by atoms with Gasteiger partial charge in [0.05, 0.1) is 16.8 Å². The average Bonchev–Trinajstić information content (AvgIpc) is 2.64. The van der Waals surface area contributed by atoms with Crippen molar-refractivity contribution >= 4 is 12.2 Å². The molecule has 0 atom stereocenters. The van der Waals surface area contributed by atoms with Gasteiger partial charge in [-0.3, -0.25) is 9.59 Å². The Hall–Kier alpha value is -2.63. The van der Waals surface area contributed by atoms with Crippen LogP contribution in [0.25, 0.3) is 0 Å². The largest absolute Gasteiger partial charge is 0.438 e. The Morgan fingerprint density at radius 1 is 1.42 bits per heavy atom. The molecule has 6 nitrogen and oxygen atoms in total. The van der Waals surface area contributed by atoms with Gasteiger partial charge in [-0.2, -0.15) is 5.10 Å². The second kappa shape index (κ2) is 4.93. The van der Waals surface area contributed by atoms with Crippen LogP contribution in [0.3, 0.4) is 0 Å². The Balaban J connectivity index is 2.47. The summed E-state index contributed by atoms with van der Waals surface area (Å²) in [6.45, 7) is 1.70. The van der Waals surface area contributed by atoms with Gasteiger partial charge in [-0.15, -0.1) is 0 Å². The topological polar surface area (TPSA) is 87.2 Å². The van der Waals surface area contributed by atoms with E-state index in [0.29, 0.717) is 23.3 Å². The monoisotopic (exact) mass is 259 g/mol. The standard InChI is InChI=1S/C13H13N3O3/c1-8-10(7-17)13(16(2)15-8)19-11-6-4-3-5-9(11)12(14)18/h3-7H,1-2H3,(H2,14,18). The van der Waals surface area contributed by atoms with E-state index in [2.05, 4.69) is 5.10 Å². The molecule has 0 bridgehead atoms. The number of aromatic nitrogens is 2. The van der Waals surface area contributed by atoms with Crippen molar-refractivity contribution in [2.24, 2.45) is 12.8 Å². The number of aldehydes is 1. The second-order valence-electron chi connectivity index (χ2n) is 4.01. The number of nitrogens with two attached hydrogens (primary N) is 1. The first-order chi connectivity index (χ1) is 9.04. The fraction of sp³-hybridized carbons (Fsp3) is 0.154. The lowest BCUT2D eigenvalue weighted by atomic mass is 10.2. The first kappa shape index (κ1) is 12.8. The first-order valence-corrected chi connectivity index (χ1v) is 5.60. The zero-order valence-corrected chi connectivity index (χ0v) is 10.6. The number of nitrogens with zero attached hydrogens (tertiary/aromatic N) is 2. The van der Waals surface area contributed by atoms with Crippen molar-refractivity contribution in [2.45, 2.75) is 6.92 Å². The molecule has 6 heteroatoms. The number of rotatable bonds is 4. The van der Waals surface area contributed by atoms with Gasteiger partial charge in [-0.25, -0.2) is 4.68 Å². The lowest BCUT2D eigenvalue weighted by Gasteiger charge is -2.09. The molecule has 2 rings (SSSR count). The first-order valence-electron chi connectivity index (χ1n) is 5.60. The number of carbonyl (C=O) groups excluding carboxylic acids is 2. The van der Waals surface area contributed by atoms with Gasteiger partial charge in [0.1, 0.15) is 5.75 Å². The smallest absolute Gasteiger partial charge is 0.252 e. The van der Waals surface area contributed by atoms with Gasteiger partial charge in [0.25, 0.3) is 5.91 Å². The van der Waals surface area contributed by atoms with Gasteiger partial charge in [0.15, 0.2) is 6.29 Å². The van der Waals surface area contributed by atoms with Gasteiger partial charge in [0, 0.05) is 7.05 Å². The van der Waals surface area contributed by atoms with Gasteiger partial charge < -0.3 is 10.5 Å². The van der Waals surface area contributed by atoms with Crippen LogP contribution in [0.4, 0.5) is 0 Å². The molecule has 0 radical (unpaired) electrons. The highest BCUT2D eigenvalue weighted by molar-refractivity contribution is 5.95. The maximum Gasteiger partial charge on any atom is 0.252 e. The number of carbonyl (C=O) groups is 2. The van der Waals surface area contributed by atoms with E-state index in [1.807, 2.05) is 0 Å². The normalized spacial score (nSPS) is 10.2. The van der Waals surface area contributed by atoms with E-state index in [4.69, 9.17) is 10.5 Å². The molecule has 1 aromatic heterocycles. The predicted molar refractivity (Wildman–Crippen MR) is 68.4 cm³/mol. The number of hydrogen-bond acceptors (Lipinski definition) is 4. The molecule has 0 aliphatic heterocycles. The summed E-state index contributed by atoms with van der Waals surface area (Å²) in [6, 6.07) is 6.56. The fourth-order valence-electron chi connectivity index (χ4n) is 1.77. The molecule has 0 saturated carbocycles. The quantitative estimate of drug-likeness (QED) is 0.841. The minimum absolute atomic E-state index is 0.248. The van der Waals surface area contributed by atoms with Gasteiger partial charge in [-0.05, 0) is 19.1 Å². The fourth-order valence-corrected chi connectivity index (χ4v) is 1.77. The highest BCUT2D eigenvalue weighted by atomic mass is 16.5. The summed E-state index contributed by atoms with van der Waals surface area (Å²) in [6.07, 6.45) is 0.671. The van der Waals surface area contributed by atoms with Crippen LogP contribution in [0.1, 0.15) is 26.4 Å². The average molecular weight is 259 g/mol. The molecule has 1 amide bonds. The summed E-state index contributed by atoms with van der Waals surface area (Å²) < 4.78 is 7.05. The van der Waals surface area contributed by atoms with Crippen molar-refractivity contribution in [3.05, 3.63) is 41.1 Å². The molecule has 98 valence electrons. The van der Waals surface area contributed by atoms with Crippen LogP contribution in [-0.4, -0.2) is 22.0 Å². The number of hydrogen-bond donors (Lipinski definition) is 1. The number of benzene rings is 1. The lowest BCUT2D eigenvalue weighted by molar-refractivity contribution is 0.0997. The lowest BCUT2D eigenvalue weighted by Crippen LogP contribution is -2.12. The van der Waals surface area contributed by atoms with Crippen LogP contribution >= 0.6 is 0 Å². The molecule has 0 aliphatic carbocycles. The van der Waals surface area contributed by atoms with Crippen molar-refractivity contribution < 1.29 is 14.3 Å². The number of amides is 1. The summed E-state index contributed by atoms with van der Waals surface area (Å²) in [5, 5.41) is 4.10. The molecule has 0 aliphatic rings. The Morgan fingerprint density at radius 2 is 2.11 bits per heavy atom. The zero-order chi connectivity index (χ0) is 14.0. The maximum atomic E-state index is 11.3. The van der Waals surface area contributed by atoms with E-state index < -0.39 is 5.91 Å². The summed E-state index contributed by atoms with van der Waals surface area (Å²) in [5.74, 6) is -0.0237. The van der Waals surface area contributed by atoms with Crippen molar-refractivity contribution in [2.75, 3.05) is 0 Å². The maximum absolute atomic E-state index is 11.3. The van der Waals surface area contributed by atoms with Crippen molar-refractivity contribution in [3.8, 4) is 11.6 Å². The highest BCUT2D eigenvalue weighted by Gasteiger charge is 2.17. The molecule has 2 N–H and O–H groups in total. The molecule has 0 fully saturated rings. The number of primary amides is 1. The molecule has 1 aromatic carbocycles. The zero-order valence-electron chi connectivity index (χ0n) is 10.6. The summed E-state index contributed by atoms with van der Waals surface area (Å²) in [5.41, 5.74) is 6.43. The van der Waals surface area contributed by atoms with Crippen molar-refractivity contribution in [1.29, 1.82) is 0 Å². The van der Waals surface area contributed by atoms with E-state index in [1.165, 1.54) is 4.68 Å². The summed E-state index contributed by atoms with van der Waals surface area (Å²) >= 11 is 0. The molecular weight excluding hydrogens is 246 g/mol. The Morgan fingerprint density at radius 3 is 2.74 bits per heavy atom. The predicted octanol–water partition coefficient (Wildman–Crippen LogP) is 1.43. The van der Waals surface area contributed by atoms with Crippen molar-refractivity contribution in [3.63, 3.8) is 0 Å². The third kappa shape index (κ3) is 2.33. The summed E-state index contributed by atoms with van der Waals surface area (Å²) in [7, 11) is 1.65. The molecule has 1 heterocycles. The van der Waals surface area contributed by atoms with E-state index in [1.54, 1.807) is 38.2 Å². The van der Waals surface area contributed by atoms with Gasteiger partial charge in [0.2, 0.25) is 5.88 Å². The van der Waals surface area contributed by atoms with Gasteiger partial charge in [-0.1, -0.05) is 12.1 Å². The van der Waals surface area contributed by atoms with Gasteiger partial charge >= 0.3 is 0 Å². The molecule has 2 aromatic rings.